The van der Waals surface area contributed by atoms with Gasteiger partial charge in [0.05, 0.1) is 24.8 Å². The Balaban J connectivity index is 2.07. The van der Waals surface area contributed by atoms with Gasteiger partial charge in [0, 0.05) is 5.71 Å². The van der Waals surface area contributed by atoms with Gasteiger partial charge in [0.2, 0.25) is 0 Å². The molecule has 0 bridgehead atoms. The molecule has 1 N–H and O–H groups in total. The third-order valence-corrected chi connectivity index (χ3v) is 4.08. The first kappa shape index (κ1) is 14.3. The highest BCUT2D eigenvalue weighted by atomic mass is 16.5. The lowest BCUT2D eigenvalue weighted by molar-refractivity contribution is 0.224. The Hall–Kier alpha value is -2.62. The number of carbonyl (C=O) groups excluding carboxylic acids is 1. The van der Waals surface area contributed by atoms with Crippen LogP contribution in [0, 0.1) is 5.92 Å². The van der Waals surface area contributed by atoms with Crippen LogP contribution in [0.5, 0.6) is 0 Å². The number of carbonyl (C=O) groups is 1. The van der Waals surface area contributed by atoms with Crippen LogP contribution in [0.4, 0.5) is 4.79 Å². The number of hydrogen-bond acceptors (Lipinski definition) is 2. The first-order valence-corrected chi connectivity index (χ1v) is 7.17. The Morgan fingerprint density at radius 1 is 1.23 bits per heavy atom. The van der Waals surface area contributed by atoms with E-state index in [4.69, 9.17) is 4.74 Å². The van der Waals surface area contributed by atoms with Crippen molar-refractivity contribution >= 4 is 22.5 Å². The van der Waals surface area contributed by atoms with E-state index in [0.717, 1.165) is 10.9 Å². The molecule has 1 heterocycles. The Bertz CT molecular complexity index is 780. The molecular weight excluding hydrogens is 276 g/mol. The number of nitrogens with zero attached hydrogens (tertiary/aromatic N) is 1. The summed E-state index contributed by atoms with van der Waals surface area (Å²) >= 11 is 0. The second kappa shape index (κ2) is 5.64. The zero-order chi connectivity index (χ0) is 15.7. The van der Waals surface area contributed by atoms with Crippen molar-refractivity contribution in [3.8, 4) is 0 Å². The molecule has 0 spiro atoms. The number of rotatable bonds is 3. The largest absolute Gasteiger partial charge is 0.501 e. The average Bonchev–Trinajstić information content (AvgIpc) is 2.53. The molecule has 2 unspecified atom stereocenters. The third kappa shape index (κ3) is 2.48. The van der Waals surface area contributed by atoms with Gasteiger partial charge in [-0.2, -0.15) is 0 Å². The summed E-state index contributed by atoms with van der Waals surface area (Å²) in [4.78, 5) is 15.8. The summed E-state index contributed by atoms with van der Waals surface area (Å²) in [7, 11) is 1.59. The summed E-state index contributed by atoms with van der Waals surface area (Å²) in [6.07, 6.45) is 0. The van der Waals surface area contributed by atoms with E-state index < -0.39 is 0 Å². The van der Waals surface area contributed by atoms with Gasteiger partial charge in [-0.15, -0.1) is 0 Å². The fourth-order valence-corrected chi connectivity index (χ4v) is 2.94. The number of hydrogen-bond donors (Lipinski definition) is 1. The van der Waals surface area contributed by atoms with E-state index in [0.29, 0.717) is 11.5 Å². The summed E-state index contributed by atoms with van der Waals surface area (Å²) in [5.41, 5.74) is 1.73. The highest BCUT2D eigenvalue weighted by Gasteiger charge is 2.34. The molecule has 0 aromatic heterocycles. The zero-order valence-corrected chi connectivity index (χ0v) is 12.7. The smallest absolute Gasteiger partial charge is 0.341 e. The van der Waals surface area contributed by atoms with Crippen LogP contribution in [0.15, 0.2) is 59.8 Å². The number of benzene rings is 2. The van der Waals surface area contributed by atoms with E-state index in [9.17, 15) is 4.79 Å². The van der Waals surface area contributed by atoms with Crippen LogP contribution in [0.2, 0.25) is 0 Å². The predicted molar refractivity (Wildman–Crippen MR) is 88.0 cm³/mol. The molecule has 2 aromatic rings. The Labute approximate surface area is 129 Å². The van der Waals surface area contributed by atoms with Crippen molar-refractivity contribution in [3.05, 3.63) is 60.4 Å². The maximum Gasteiger partial charge on any atom is 0.341 e. The number of ether oxygens (including phenoxy) is 1. The molecule has 112 valence electrons. The van der Waals surface area contributed by atoms with Crippen molar-refractivity contribution in [2.75, 3.05) is 7.11 Å². The lowest BCUT2D eigenvalue weighted by atomic mass is 9.86. The molecule has 1 aliphatic rings. The molecule has 0 radical (unpaired) electrons. The van der Waals surface area contributed by atoms with Crippen molar-refractivity contribution in [2.45, 2.75) is 13.0 Å². The van der Waals surface area contributed by atoms with Crippen LogP contribution in [-0.2, 0) is 4.74 Å². The van der Waals surface area contributed by atoms with Gasteiger partial charge in [0.15, 0.2) is 0 Å². The van der Waals surface area contributed by atoms with E-state index >= 15 is 0 Å². The van der Waals surface area contributed by atoms with Gasteiger partial charge in [-0.25, -0.2) is 9.79 Å². The molecular formula is C18H18N2O2. The van der Waals surface area contributed by atoms with Crippen LogP contribution >= 0.6 is 0 Å². The summed E-state index contributed by atoms with van der Waals surface area (Å²) < 4.78 is 5.31. The summed E-state index contributed by atoms with van der Waals surface area (Å²) in [5, 5.41) is 5.23. The SMILES string of the molecule is C=C(OC)C1C(C)=NC(=O)NC1c1ccc2ccccc2c1. The molecule has 2 atom stereocenters. The molecule has 1 aliphatic heterocycles. The normalized spacial score (nSPS) is 21.2. The highest BCUT2D eigenvalue weighted by molar-refractivity contribution is 5.99. The van der Waals surface area contributed by atoms with E-state index in [1.54, 1.807) is 7.11 Å². The summed E-state index contributed by atoms with van der Waals surface area (Å²) in [6.45, 7) is 5.79. The van der Waals surface area contributed by atoms with Gasteiger partial charge in [-0.1, -0.05) is 43.0 Å². The molecule has 4 heteroatoms. The van der Waals surface area contributed by atoms with Crippen LogP contribution in [-0.4, -0.2) is 18.9 Å². The second-order valence-corrected chi connectivity index (χ2v) is 5.44. The number of aliphatic imine (C=N–C) groups is 1. The van der Waals surface area contributed by atoms with Gasteiger partial charge in [0.25, 0.3) is 0 Å². The maximum absolute atomic E-state index is 11.8. The van der Waals surface area contributed by atoms with Gasteiger partial charge in [-0.3, -0.25) is 0 Å². The number of amides is 2. The number of nitrogens with one attached hydrogen (secondary N) is 1. The van der Waals surface area contributed by atoms with Crippen molar-refractivity contribution in [1.82, 2.24) is 5.32 Å². The van der Waals surface area contributed by atoms with Crippen LogP contribution in [0.25, 0.3) is 10.8 Å². The minimum atomic E-state index is -0.323. The van der Waals surface area contributed by atoms with Crippen LogP contribution < -0.4 is 5.32 Å². The highest BCUT2D eigenvalue weighted by Crippen LogP contribution is 2.33. The lowest BCUT2D eigenvalue weighted by Crippen LogP contribution is -2.40. The first-order chi connectivity index (χ1) is 10.6. The zero-order valence-electron chi connectivity index (χ0n) is 12.7. The summed E-state index contributed by atoms with van der Waals surface area (Å²) in [6, 6.07) is 13.8. The standard InChI is InChI=1S/C18H18N2O2/c1-11-16(12(2)22-3)17(20-18(21)19-11)15-9-8-13-6-4-5-7-14(13)10-15/h4-10,16-17H,2H2,1,3H3,(H,20,21). The molecule has 0 aliphatic carbocycles. The molecule has 3 rings (SSSR count). The minimum absolute atomic E-state index is 0.163. The average molecular weight is 294 g/mol. The molecule has 2 aromatic carbocycles. The van der Waals surface area contributed by atoms with Crippen molar-refractivity contribution in [1.29, 1.82) is 0 Å². The molecule has 2 amide bonds. The van der Waals surface area contributed by atoms with E-state index in [-0.39, 0.29) is 18.0 Å². The molecule has 0 saturated heterocycles. The molecule has 4 nitrogen and oxygen atoms in total. The number of methoxy groups -OCH3 is 1. The van der Waals surface area contributed by atoms with Crippen molar-refractivity contribution < 1.29 is 9.53 Å². The molecule has 0 saturated carbocycles. The Morgan fingerprint density at radius 3 is 2.68 bits per heavy atom. The minimum Gasteiger partial charge on any atom is -0.501 e. The fourth-order valence-electron chi connectivity index (χ4n) is 2.94. The topological polar surface area (TPSA) is 50.7 Å². The second-order valence-electron chi connectivity index (χ2n) is 5.44. The third-order valence-electron chi connectivity index (χ3n) is 4.08. The van der Waals surface area contributed by atoms with Crippen LogP contribution in [0.1, 0.15) is 18.5 Å². The van der Waals surface area contributed by atoms with Gasteiger partial charge in [-0.05, 0) is 29.3 Å². The molecule has 0 fully saturated rings. The molecule has 22 heavy (non-hydrogen) atoms. The van der Waals surface area contributed by atoms with Crippen LogP contribution in [0.3, 0.4) is 0 Å². The lowest BCUT2D eigenvalue weighted by Gasteiger charge is -2.31. The van der Waals surface area contributed by atoms with Gasteiger partial charge in [0.1, 0.15) is 0 Å². The number of urea groups is 1. The monoisotopic (exact) mass is 294 g/mol. The fraction of sp³-hybridized carbons (Fsp3) is 0.222. The maximum atomic E-state index is 11.8. The first-order valence-electron chi connectivity index (χ1n) is 7.17. The number of fused-ring (bicyclic) bond motifs is 1. The van der Waals surface area contributed by atoms with E-state index in [1.807, 2.05) is 25.1 Å². The van der Waals surface area contributed by atoms with Gasteiger partial charge < -0.3 is 10.1 Å². The summed E-state index contributed by atoms with van der Waals surface area (Å²) in [5.74, 6) is 0.434. The van der Waals surface area contributed by atoms with Crippen molar-refractivity contribution in [2.24, 2.45) is 10.9 Å². The van der Waals surface area contributed by atoms with E-state index in [2.05, 4.69) is 41.2 Å². The van der Waals surface area contributed by atoms with E-state index in [1.165, 1.54) is 5.39 Å². The van der Waals surface area contributed by atoms with Crippen molar-refractivity contribution in [3.63, 3.8) is 0 Å². The quantitative estimate of drug-likeness (QED) is 0.874. The Kier molecular flexibility index (Phi) is 3.67. The predicted octanol–water partition coefficient (Wildman–Crippen LogP) is 3.84. The van der Waals surface area contributed by atoms with Gasteiger partial charge >= 0.3 is 6.03 Å². The Morgan fingerprint density at radius 2 is 1.95 bits per heavy atom.